The van der Waals surface area contributed by atoms with Crippen molar-refractivity contribution in [3.8, 4) is 5.88 Å². The molecular formula is C20H23N3O3. The Hall–Kier alpha value is -2.89. The monoisotopic (exact) mass is 353 g/mol. The molecule has 2 N–H and O–H groups in total. The van der Waals surface area contributed by atoms with Crippen molar-refractivity contribution >= 4 is 11.5 Å². The van der Waals surface area contributed by atoms with Gasteiger partial charge >= 0.3 is 0 Å². The fourth-order valence-corrected chi connectivity index (χ4v) is 3.15. The summed E-state index contributed by atoms with van der Waals surface area (Å²) in [5.41, 5.74) is 2.74. The Morgan fingerprint density at radius 2 is 2.23 bits per heavy atom. The van der Waals surface area contributed by atoms with Gasteiger partial charge in [-0.1, -0.05) is 6.08 Å². The van der Waals surface area contributed by atoms with Crippen LogP contribution in [0.4, 0.5) is 0 Å². The molecule has 0 spiro atoms. The summed E-state index contributed by atoms with van der Waals surface area (Å²) in [6.07, 6.45) is 9.65. The summed E-state index contributed by atoms with van der Waals surface area (Å²) in [6.45, 7) is 0.635. The second kappa shape index (κ2) is 8.47. The van der Waals surface area contributed by atoms with Gasteiger partial charge in [0.05, 0.1) is 12.7 Å². The van der Waals surface area contributed by atoms with Crippen LogP contribution in [0, 0.1) is 5.92 Å². The molecule has 0 aromatic carbocycles. The van der Waals surface area contributed by atoms with Crippen molar-refractivity contribution in [3.63, 3.8) is 0 Å². The van der Waals surface area contributed by atoms with Crippen LogP contribution in [0.1, 0.15) is 41.6 Å². The number of nitrogens with zero attached hydrogens (tertiary/aromatic N) is 1. The lowest BCUT2D eigenvalue weighted by molar-refractivity contribution is 0.0950. The molecule has 0 fully saturated rings. The molecule has 1 unspecified atom stereocenters. The van der Waals surface area contributed by atoms with E-state index in [1.54, 1.807) is 7.11 Å². The first-order chi connectivity index (χ1) is 12.7. The smallest absolute Gasteiger partial charge is 0.252 e. The molecule has 1 atom stereocenters. The van der Waals surface area contributed by atoms with Crippen LogP contribution in [0.15, 0.2) is 47.5 Å². The zero-order chi connectivity index (χ0) is 18.4. The molecule has 6 heteroatoms. The summed E-state index contributed by atoms with van der Waals surface area (Å²) >= 11 is 0. The van der Waals surface area contributed by atoms with Gasteiger partial charge in [-0.2, -0.15) is 0 Å². The van der Waals surface area contributed by atoms with Crippen LogP contribution in [0.5, 0.6) is 5.88 Å². The molecule has 0 saturated carbocycles. The number of nitrogens with one attached hydrogen (secondary N) is 2. The molecule has 26 heavy (non-hydrogen) atoms. The molecule has 2 heterocycles. The molecule has 0 aliphatic heterocycles. The first-order valence-corrected chi connectivity index (χ1v) is 8.82. The third-order valence-corrected chi connectivity index (χ3v) is 4.72. The fraction of sp³-hybridized carbons (Fsp3) is 0.350. The third kappa shape index (κ3) is 4.59. The Morgan fingerprint density at radius 1 is 1.35 bits per heavy atom. The molecule has 136 valence electrons. The first-order valence-electron chi connectivity index (χ1n) is 8.82. The van der Waals surface area contributed by atoms with Gasteiger partial charge in [-0.25, -0.2) is 4.98 Å². The van der Waals surface area contributed by atoms with Gasteiger partial charge in [-0.05, 0) is 54.9 Å². The second-order valence-corrected chi connectivity index (χ2v) is 6.45. The molecule has 1 aliphatic rings. The Labute approximate surface area is 152 Å². The number of methoxy groups -OCH3 is 1. The number of allylic oxidation sites excluding steroid dienone is 2. The average molecular weight is 353 g/mol. The number of aromatic amines is 1. The van der Waals surface area contributed by atoms with Crippen LogP contribution < -0.4 is 15.6 Å². The number of hydrogen-bond acceptors (Lipinski definition) is 4. The predicted molar refractivity (Wildman–Crippen MR) is 100 cm³/mol. The van der Waals surface area contributed by atoms with E-state index in [0.717, 1.165) is 31.2 Å². The van der Waals surface area contributed by atoms with E-state index < -0.39 is 0 Å². The highest BCUT2D eigenvalue weighted by atomic mass is 16.5. The summed E-state index contributed by atoms with van der Waals surface area (Å²) in [5.74, 6) is 1.04. The van der Waals surface area contributed by atoms with Crippen LogP contribution in [-0.4, -0.2) is 29.5 Å². The third-order valence-electron chi connectivity index (χ3n) is 4.72. The van der Waals surface area contributed by atoms with E-state index >= 15 is 0 Å². The van der Waals surface area contributed by atoms with E-state index in [4.69, 9.17) is 4.74 Å². The zero-order valence-corrected chi connectivity index (χ0v) is 14.8. The quantitative estimate of drug-likeness (QED) is 0.836. The maximum absolute atomic E-state index is 12.0. The molecule has 0 bridgehead atoms. The number of H-pyrrole nitrogens is 1. The van der Waals surface area contributed by atoms with Gasteiger partial charge in [0.1, 0.15) is 0 Å². The van der Waals surface area contributed by atoms with Gasteiger partial charge < -0.3 is 15.0 Å². The zero-order valence-electron chi connectivity index (χ0n) is 14.8. The number of amides is 1. The highest BCUT2D eigenvalue weighted by Gasteiger charge is 2.16. The summed E-state index contributed by atoms with van der Waals surface area (Å²) in [6, 6.07) is 6.82. The molecular weight excluding hydrogens is 330 g/mol. The van der Waals surface area contributed by atoms with Crippen molar-refractivity contribution in [2.45, 2.75) is 25.7 Å². The lowest BCUT2D eigenvalue weighted by Crippen LogP contribution is -2.26. The molecule has 1 amide bonds. The van der Waals surface area contributed by atoms with Crippen LogP contribution >= 0.6 is 0 Å². The van der Waals surface area contributed by atoms with Crippen molar-refractivity contribution in [2.75, 3.05) is 13.7 Å². The Bertz CT molecular complexity index is 820. The number of rotatable bonds is 6. The van der Waals surface area contributed by atoms with E-state index in [2.05, 4.69) is 21.4 Å². The maximum atomic E-state index is 12.0. The van der Waals surface area contributed by atoms with Gasteiger partial charge in [0.2, 0.25) is 11.4 Å². The van der Waals surface area contributed by atoms with Crippen molar-refractivity contribution in [3.05, 3.63) is 64.2 Å². The van der Waals surface area contributed by atoms with Crippen molar-refractivity contribution in [1.29, 1.82) is 0 Å². The van der Waals surface area contributed by atoms with Crippen LogP contribution in [0.2, 0.25) is 0 Å². The van der Waals surface area contributed by atoms with E-state index in [1.807, 2.05) is 18.3 Å². The minimum Gasteiger partial charge on any atom is -0.481 e. The summed E-state index contributed by atoms with van der Waals surface area (Å²) in [5, 5.41) is 2.92. The maximum Gasteiger partial charge on any atom is 0.252 e. The fourth-order valence-electron chi connectivity index (χ4n) is 3.15. The summed E-state index contributed by atoms with van der Waals surface area (Å²) < 4.78 is 5.09. The standard InChI is InChI=1S/C20H23N3O3/c1-26-19-9-7-16(12-23-19)15-4-2-14(3-5-15)10-11-21-20(25)17-6-8-18(24)22-13-17/h4,6-9,12-14H,2-3,5,10-11H2,1H3,(H,21,25)(H,22,24). The Morgan fingerprint density at radius 3 is 2.85 bits per heavy atom. The molecule has 2 aromatic heterocycles. The Kier molecular flexibility index (Phi) is 5.84. The normalized spacial score (nSPS) is 16.7. The molecule has 2 aromatic rings. The van der Waals surface area contributed by atoms with Gasteiger partial charge in [0.25, 0.3) is 5.91 Å². The summed E-state index contributed by atoms with van der Waals surface area (Å²) in [7, 11) is 1.61. The minimum atomic E-state index is -0.210. The number of ether oxygens (including phenoxy) is 1. The SMILES string of the molecule is COc1ccc(C2=CCC(CCNC(=O)c3ccc(=O)[nH]c3)CC2)cn1. The van der Waals surface area contributed by atoms with E-state index in [-0.39, 0.29) is 11.5 Å². The minimum absolute atomic E-state index is 0.155. The largest absolute Gasteiger partial charge is 0.481 e. The molecule has 0 saturated heterocycles. The highest BCUT2D eigenvalue weighted by molar-refractivity contribution is 5.93. The van der Waals surface area contributed by atoms with Crippen molar-refractivity contribution in [1.82, 2.24) is 15.3 Å². The predicted octanol–water partition coefficient (Wildman–Crippen LogP) is 2.78. The van der Waals surface area contributed by atoms with Crippen LogP contribution in [0.25, 0.3) is 5.57 Å². The average Bonchev–Trinajstić information content (AvgIpc) is 2.69. The van der Waals surface area contributed by atoms with Gasteiger partial charge in [-0.15, -0.1) is 0 Å². The topological polar surface area (TPSA) is 84.1 Å². The lowest BCUT2D eigenvalue weighted by atomic mass is 9.85. The highest BCUT2D eigenvalue weighted by Crippen LogP contribution is 2.31. The number of aromatic nitrogens is 2. The van der Waals surface area contributed by atoms with E-state index in [0.29, 0.717) is 23.9 Å². The van der Waals surface area contributed by atoms with Crippen molar-refractivity contribution < 1.29 is 9.53 Å². The van der Waals surface area contributed by atoms with E-state index in [1.165, 1.54) is 23.9 Å². The van der Waals surface area contributed by atoms with Crippen LogP contribution in [-0.2, 0) is 0 Å². The number of hydrogen-bond donors (Lipinski definition) is 2. The first kappa shape index (κ1) is 17.9. The Balaban J connectivity index is 1.46. The van der Waals surface area contributed by atoms with Gasteiger partial charge in [0, 0.05) is 31.1 Å². The number of pyridine rings is 2. The van der Waals surface area contributed by atoms with Gasteiger partial charge in [-0.3, -0.25) is 9.59 Å². The molecule has 3 rings (SSSR count). The molecule has 1 aliphatic carbocycles. The number of carbonyl (C=O) groups is 1. The second-order valence-electron chi connectivity index (χ2n) is 6.45. The van der Waals surface area contributed by atoms with E-state index in [9.17, 15) is 9.59 Å². The summed E-state index contributed by atoms with van der Waals surface area (Å²) in [4.78, 5) is 29.8. The number of carbonyl (C=O) groups excluding carboxylic acids is 1. The van der Waals surface area contributed by atoms with Crippen LogP contribution in [0.3, 0.4) is 0 Å². The molecule has 6 nitrogen and oxygen atoms in total. The lowest BCUT2D eigenvalue weighted by Gasteiger charge is -2.22. The van der Waals surface area contributed by atoms with Crippen molar-refractivity contribution in [2.24, 2.45) is 5.92 Å². The van der Waals surface area contributed by atoms with Gasteiger partial charge in [0.15, 0.2) is 0 Å². The molecule has 0 radical (unpaired) electrons.